The average Bonchev–Trinajstić information content (AvgIpc) is 1.54. The Kier molecular flexibility index (Phi) is 40.1. The predicted octanol–water partition coefficient (Wildman–Crippen LogP) is 19.0. The lowest BCUT2D eigenvalue weighted by molar-refractivity contribution is -0.155. The van der Waals surface area contributed by atoms with Gasteiger partial charge in [0.15, 0.2) is 23.6 Å². The molecule has 0 bridgehead atoms. The monoisotopic (exact) mass is 2360 g/mol. The van der Waals surface area contributed by atoms with E-state index in [9.17, 15) is 38.7 Å². The van der Waals surface area contributed by atoms with Gasteiger partial charge in [-0.1, -0.05) is 212 Å². The van der Waals surface area contributed by atoms with Crippen LogP contribution in [0, 0.1) is 0 Å². The van der Waals surface area contributed by atoms with E-state index in [0.717, 1.165) is 66.8 Å². The maximum absolute atomic E-state index is 13.5. The molecule has 1 saturated heterocycles. The molecular formula is C98H97I5N8O21. The van der Waals surface area contributed by atoms with Crippen molar-refractivity contribution >= 4 is 163 Å². The number of hydrogen-bond donors (Lipinski definition) is 7. The van der Waals surface area contributed by atoms with Crippen LogP contribution in [0.5, 0.6) is 11.5 Å². The molecule has 1 aliphatic heterocycles. The van der Waals surface area contributed by atoms with Gasteiger partial charge in [-0.05, 0) is 138 Å². The zero-order valence-corrected chi connectivity index (χ0v) is 83.0. The molecule has 3 aliphatic carbocycles. The topological polar surface area (TPSA) is 386 Å². The molecule has 34 heteroatoms. The van der Waals surface area contributed by atoms with Crippen LogP contribution >= 0.6 is 98.4 Å². The summed E-state index contributed by atoms with van der Waals surface area (Å²) in [6, 6.07) is 81.2. The van der Waals surface area contributed by atoms with E-state index in [1.807, 2.05) is 152 Å². The Morgan fingerprint density at radius 1 is 0.492 bits per heavy atom. The van der Waals surface area contributed by atoms with Crippen molar-refractivity contribution in [1.82, 2.24) is 34.6 Å². The van der Waals surface area contributed by atoms with Crippen molar-refractivity contribution in [3.63, 3.8) is 0 Å². The van der Waals surface area contributed by atoms with Crippen LogP contribution in [-0.2, 0) is 59.7 Å². The number of carbonyl (C=O) groups excluding carboxylic acids is 5. The minimum Gasteiger partial charge on any atom is -0.497 e. The average molecular weight is 2360 g/mol. The van der Waals surface area contributed by atoms with E-state index in [0.29, 0.717) is 54.2 Å². The standard InChI is InChI=1S/C54H48N6O8.C22H23NO6.C20H21NO4.C2H4O3.2I2.HI/c1-64-39-24-20-37(21-25-39)54(36-10-4-3-5-11-36,38-22-26-40(65-2)27-23-38)67-31-47-46(61)28-48(68-47)60-33-58-49-50(56-32-57-51(49)60)59-52(62)35-18-16-34(17-19-35)29-55-53(63)66-30-45-43-14-8-6-12-41(43)42-13-7-9-15-44(42)45;1-23(12-6-11-21(26)28-14-20(24)25)22(27)29-13-19-17-9-4-2-7-15(17)16-8-3-5-10-18(16)19;1-21(12-6-11-19(22)23)20(24)25-13-18-16-9-4-2-7-14(16)15-8-3-5-10-17(15)18;3-1-2(4)5;2*1-2;/h3-27,32-33,45-48,61H,28-31H2,1-2H3,(H,55,63)(H,56,57,59,62);2-5,7-10,19H,6,11-14H2,1H3,(H,24,25);2-5,7-10,18H,6,11-13H2,1H3,(H,22,23);3H,1H2,(H,4,5);;;1H/t46-,47-,48-;;;;;;/m1....../s1. The molecular weight excluding hydrogens is 2260 g/mol. The fourth-order valence-corrected chi connectivity index (χ4v) is 16.0. The third kappa shape index (κ3) is 26.3. The lowest BCUT2D eigenvalue weighted by Gasteiger charge is -2.37. The number of rotatable bonds is 30. The molecule has 0 spiro atoms. The molecule has 690 valence electrons. The van der Waals surface area contributed by atoms with Crippen LogP contribution in [0.2, 0.25) is 0 Å². The minimum atomic E-state index is -1.20. The van der Waals surface area contributed by atoms with E-state index >= 15 is 0 Å². The number of esters is 1. The fourth-order valence-electron chi connectivity index (χ4n) is 16.0. The van der Waals surface area contributed by atoms with Crippen LogP contribution in [0.25, 0.3) is 44.5 Å². The first-order chi connectivity index (χ1) is 63.6. The first-order valence-electron chi connectivity index (χ1n) is 41.5. The van der Waals surface area contributed by atoms with Crippen molar-refractivity contribution in [1.29, 1.82) is 0 Å². The van der Waals surface area contributed by atoms with Gasteiger partial charge in [0.2, 0.25) is 0 Å². The molecule has 0 saturated carbocycles. The molecule has 10 aromatic carbocycles. The lowest BCUT2D eigenvalue weighted by atomic mass is 9.80. The number of carboxylic acids is 3. The van der Waals surface area contributed by atoms with Crippen LogP contribution in [0.15, 0.2) is 261 Å². The van der Waals surface area contributed by atoms with E-state index in [4.69, 9.17) is 58.4 Å². The number of aliphatic hydroxyl groups is 2. The van der Waals surface area contributed by atoms with Gasteiger partial charge in [0.25, 0.3) is 5.91 Å². The van der Waals surface area contributed by atoms with Crippen molar-refractivity contribution in [2.24, 2.45) is 0 Å². The number of aromatic nitrogens is 4. The number of nitrogens with zero attached hydrogens (tertiary/aromatic N) is 6. The number of hydrogen-bond acceptors (Lipinski definition) is 21. The van der Waals surface area contributed by atoms with Crippen molar-refractivity contribution in [2.75, 3.05) is 86.4 Å². The Labute approximate surface area is 826 Å². The SMILES string of the molecule is CN(CCCC(=O)O)C(=O)OCC1c2ccccc2-c2ccccc21.CN(CCCC(=O)OCC(=O)O)C(=O)OCC1c2ccccc2-c2ccccc21.COc1ccc(C(OC[C@H]2O[C@@H](n3cnc4c(NC(=O)c5ccc(CNC(=O)OCC6c7ccccc7-c7ccccc76)cc5)ncnc43)C[C@H]2O)(c2ccccc2)c2ccc(OC)cc2)cc1.I.II.II.O=C(O)CO. The van der Waals surface area contributed by atoms with Gasteiger partial charge in [0, 0.05) is 151 Å². The predicted molar refractivity (Wildman–Crippen MR) is 541 cm³/mol. The molecule has 0 radical (unpaired) electrons. The van der Waals surface area contributed by atoms with Crippen molar-refractivity contribution in [3.8, 4) is 44.9 Å². The highest BCUT2D eigenvalue weighted by atomic mass is 128. The van der Waals surface area contributed by atoms with Crippen LogP contribution in [-0.4, -0.2) is 196 Å². The second-order valence-electron chi connectivity index (χ2n) is 30.3. The third-order valence-electron chi connectivity index (χ3n) is 22.3. The summed E-state index contributed by atoms with van der Waals surface area (Å²) in [6.45, 7) is 0.202. The zero-order valence-electron chi connectivity index (χ0n) is 72.1. The van der Waals surface area contributed by atoms with E-state index in [1.54, 1.807) is 63.5 Å². The van der Waals surface area contributed by atoms with Crippen LogP contribution in [0.1, 0.15) is 122 Å². The fraction of sp³-hybridized carbons (Fsp3) is 0.255. The number of carboxylic acid groups (broad SMARTS) is 3. The highest BCUT2D eigenvalue weighted by Gasteiger charge is 2.43. The van der Waals surface area contributed by atoms with E-state index in [2.05, 4.69) is 178 Å². The van der Waals surface area contributed by atoms with Crippen molar-refractivity contribution in [3.05, 3.63) is 323 Å². The highest BCUT2D eigenvalue weighted by molar-refractivity contribution is 15.0. The van der Waals surface area contributed by atoms with Gasteiger partial charge in [-0.2, -0.15) is 0 Å². The van der Waals surface area contributed by atoms with Crippen LogP contribution in [0.4, 0.5) is 20.2 Å². The number of aliphatic hydroxyl groups excluding tert-OH is 2. The van der Waals surface area contributed by atoms with Gasteiger partial charge in [-0.3, -0.25) is 19.0 Å². The lowest BCUT2D eigenvalue weighted by Crippen LogP contribution is -2.38. The summed E-state index contributed by atoms with van der Waals surface area (Å²) in [5.41, 5.74) is 17.4. The number of anilines is 1. The Morgan fingerprint density at radius 3 is 1.32 bits per heavy atom. The number of alkyl carbamates (subject to hydrolysis) is 1. The third-order valence-corrected chi connectivity index (χ3v) is 22.3. The zero-order chi connectivity index (χ0) is 93.5. The normalized spacial score (nSPS) is 13.8. The number of ether oxygens (including phenoxy) is 8. The minimum absolute atomic E-state index is 0. The Balaban J connectivity index is 0.000000231. The van der Waals surface area contributed by atoms with Gasteiger partial charge in [0.05, 0.1) is 33.3 Å². The van der Waals surface area contributed by atoms with Crippen LogP contribution < -0.4 is 20.1 Å². The first kappa shape index (κ1) is 103. The molecule has 3 heterocycles. The quantitative estimate of drug-likeness (QED) is 0.00951. The highest BCUT2D eigenvalue weighted by Crippen LogP contribution is 2.49. The number of benzene rings is 10. The molecule has 12 aromatic rings. The molecule has 29 nitrogen and oxygen atoms in total. The number of fused-ring (bicyclic) bond motifs is 10. The Bertz CT molecular complexity index is 5700. The van der Waals surface area contributed by atoms with Crippen molar-refractivity contribution < 1.29 is 102 Å². The molecule has 2 aromatic heterocycles. The summed E-state index contributed by atoms with van der Waals surface area (Å²) in [6.07, 6.45) is 0.312. The molecule has 7 N–H and O–H groups in total. The van der Waals surface area contributed by atoms with Gasteiger partial charge >= 0.3 is 42.2 Å². The summed E-state index contributed by atoms with van der Waals surface area (Å²) in [5, 5.41) is 49.3. The summed E-state index contributed by atoms with van der Waals surface area (Å²) in [4.78, 5) is 108. The number of imidazole rings is 1. The van der Waals surface area contributed by atoms with Gasteiger partial charge in [0.1, 0.15) is 62.2 Å². The summed E-state index contributed by atoms with van der Waals surface area (Å²) >= 11 is 8.48. The van der Waals surface area contributed by atoms with Crippen molar-refractivity contribution in [2.45, 2.75) is 80.4 Å². The smallest absolute Gasteiger partial charge is 0.409 e. The first-order valence-corrected chi connectivity index (χ1v) is 54.0. The number of methoxy groups -OCH3 is 2. The van der Waals surface area contributed by atoms with E-state index in [1.165, 1.54) is 38.4 Å². The number of aliphatic carboxylic acids is 3. The maximum atomic E-state index is 13.5. The van der Waals surface area contributed by atoms with Gasteiger partial charge in [-0.25, -0.2) is 38.9 Å². The number of amides is 4. The number of carbonyl (C=O) groups is 8. The van der Waals surface area contributed by atoms with Gasteiger partial charge < -0.3 is 83.9 Å². The number of nitrogens with one attached hydrogen (secondary N) is 2. The Morgan fingerprint density at radius 2 is 0.902 bits per heavy atom. The molecule has 16 rings (SSSR count). The maximum Gasteiger partial charge on any atom is 0.409 e. The molecule has 4 aliphatic rings. The van der Waals surface area contributed by atoms with E-state index < -0.39 is 85.3 Å². The Hall–Kier alpha value is -11.0. The molecule has 4 amide bonds. The summed E-state index contributed by atoms with van der Waals surface area (Å²) in [7, 11) is 6.48. The van der Waals surface area contributed by atoms with Crippen LogP contribution in [0.3, 0.4) is 0 Å². The largest absolute Gasteiger partial charge is 0.497 e. The van der Waals surface area contributed by atoms with Gasteiger partial charge in [-0.15, -0.1) is 24.0 Å². The summed E-state index contributed by atoms with van der Waals surface area (Å²) in [5.74, 6) is -2.66. The second-order valence-corrected chi connectivity index (χ2v) is 30.3. The molecule has 3 atom stereocenters. The molecule has 0 unspecified atom stereocenters. The summed E-state index contributed by atoms with van der Waals surface area (Å²) < 4.78 is 47.5. The van der Waals surface area contributed by atoms with E-state index in [-0.39, 0.29) is 99.8 Å². The number of halogens is 5. The second kappa shape index (κ2) is 51.3. The molecule has 1 fully saturated rings. The molecule has 132 heavy (non-hydrogen) atoms.